The molecule has 1 aliphatic heterocycles. The number of imide groups is 1. The van der Waals surface area contributed by atoms with E-state index in [4.69, 9.17) is 5.11 Å². The van der Waals surface area contributed by atoms with Gasteiger partial charge in [-0.2, -0.15) is 0 Å². The van der Waals surface area contributed by atoms with Crippen LogP contribution < -0.4 is 0 Å². The summed E-state index contributed by atoms with van der Waals surface area (Å²) in [5.74, 6) is -1.15. The molecule has 0 aromatic rings. The van der Waals surface area contributed by atoms with Gasteiger partial charge in [-0.1, -0.05) is 12.8 Å². The summed E-state index contributed by atoms with van der Waals surface area (Å²) in [6.45, 7) is 0.289. The predicted octanol–water partition coefficient (Wildman–Crippen LogP) is 0.463. The van der Waals surface area contributed by atoms with Crippen molar-refractivity contribution >= 4 is 17.8 Å². The number of aliphatic carboxylic acids is 1. The number of carbonyl (C=O) groups excluding carboxylic acids is 2. The van der Waals surface area contributed by atoms with E-state index in [9.17, 15) is 14.4 Å². The number of carboxylic acids is 1. The number of hydrogen-bond acceptors (Lipinski definition) is 4. The summed E-state index contributed by atoms with van der Waals surface area (Å²) < 4.78 is 0. The molecule has 1 N–H and O–H groups in total. The summed E-state index contributed by atoms with van der Waals surface area (Å²) in [6, 6.07) is -0.412. The fraction of sp³-hybridized carbons (Fsp3) is 0.769. The maximum Gasteiger partial charge on any atom is 0.304 e. The predicted molar refractivity (Wildman–Crippen MR) is 67.4 cm³/mol. The summed E-state index contributed by atoms with van der Waals surface area (Å²) >= 11 is 0. The lowest BCUT2D eigenvalue weighted by Crippen LogP contribution is -2.44. The van der Waals surface area contributed by atoms with E-state index in [2.05, 4.69) is 0 Å². The summed E-state index contributed by atoms with van der Waals surface area (Å²) in [4.78, 5) is 38.0. The highest BCUT2D eigenvalue weighted by molar-refractivity contribution is 6.05. The fourth-order valence-corrected chi connectivity index (χ4v) is 2.95. The molecule has 6 nitrogen and oxygen atoms in total. The Morgan fingerprint density at radius 3 is 2.58 bits per heavy atom. The van der Waals surface area contributed by atoms with Crippen LogP contribution in [0.5, 0.6) is 0 Å². The molecular weight excluding hydrogens is 248 g/mol. The number of hydrogen-bond donors (Lipinski definition) is 1. The zero-order valence-corrected chi connectivity index (χ0v) is 11.2. The van der Waals surface area contributed by atoms with E-state index in [1.165, 1.54) is 4.90 Å². The number of likely N-dealkylation sites (N-methyl/N-ethyl adjacent to an activating group) is 1. The van der Waals surface area contributed by atoms with Crippen LogP contribution in [0.4, 0.5) is 0 Å². The molecule has 0 aromatic carbocycles. The molecular formula is C13H20N2O4. The molecule has 1 saturated carbocycles. The smallest absolute Gasteiger partial charge is 0.304 e. The second-order valence-corrected chi connectivity index (χ2v) is 5.38. The summed E-state index contributed by atoms with van der Waals surface area (Å²) in [5.41, 5.74) is 0. The quantitative estimate of drug-likeness (QED) is 0.733. The van der Waals surface area contributed by atoms with E-state index in [1.54, 1.807) is 11.9 Å². The lowest BCUT2D eigenvalue weighted by Gasteiger charge is -2.25. The van der Waals surface area contributed by atoms with Gasteiger partial charge in [-0.3, -0.25) is 24.2 Å². The maximum absolute atomic E-state index is 12.3. The first-order valence-corrected chi connectivity index (χ1v) is 6.78. The van der Waals surface area contributed by atoms with Gasteiger partial charge in [0.1, 0.15) is 0 Å². The molecule has 0 spiro atoms. The van der Waals surface area contributed by atoms with Crippen molar-refractivity contribution in [3.8, 4) is 0 Å². The minimum atomic E-state index is -0.892. The van der Waals surface area contributed by atoms with E-state index in [-0.39, 0.29) is 37.2 Å². The van der Waals surface area contributed by atoms with Gasteiger partial charge in [0.15, 0.2) is 0 Å². The molecule has 1 atom stereocenters. The average molecular weight is 268 g/mol. The van der Waals surface area contributed by atoms with Crippen molar-refractivity contribution in [3.05, 3.63) is 0 Å². The van der Waals surface area contributed by atoms with E-state index in [0.29, 0.717) is 0 Å². The second kappa shape index (κ2) is 5.69. The Labute approximate surface area is 112 Å². The van der Waals surface area contributed by atoms with Gasteiger partial charge < -0.3 is 5.11 Å². The van der Waals surface area contributed by atoms with Crippen molar-refractivity contribution in [2.75, 3.05) is 13.6 Å². The van der Waals surface area contributed by atoms with Crippen LogP contribution in [0.25, 0.3) is 0 Å². The Bertz CT molecular complexity index is 390. The number of carbonyl (C=O) groups is 3. The van der Waals surface area contributed by atoms with Gasteiger partial charge in [-0.15, -0.1) is 0 Å². The first-order chi connectivity index (χ1) is 9.00. The average Bonchev–Trinajstić information content (AvgIpc) is 2.94. The molecule has 1 unspecified atom stereocenters. The topological polar surface area (TPSA) is 77.9 Å². The third-order valence-electron chi connectivity index (χ3n) is 4.06. The van der Waals surface area contributed by atoms with Gasteiger partial charge in [0.25, 0.3) is 0 Å². The zero-order valence-electron chi connectivity index (χ0n) is 11.2. The molecule has 19 heavy (non-hydrogen) atoms. The Hall–Kier alpha value is -1.43. The number of nitrogens with zero attached hydrogens (tertiary/aromatic N) is 2. The highest BCUT2D eigenvalue weighted by Crippen LogP contribution is 2.29. The van der Waals surface area contributed by atoms with Crippen LogP contribution >= 0.6 is 0 Å². The number of amides is 2. The normalized spacial score (nSPS) is 24.7. The Morgan fingerprint density at radius 2 is 2.00 bits per heavy atom. The van der Waals surface area contributed by atoms with Crippen LogP contribution in [0.2, 0.25) is 0 Å². The second-order valence-electron chi connectivity index (χ2n) is 5.38. The van der Waals surface area contributed by atoms with Crippen molar-refractivity contribution in [2.24, 2.45) is 0 Å². The summed E-state index contributed by atoms with van der Waals surface area (Å²) in [6.07, 6.45) is 4.12. The first-order valence-electron chi connectivity index (χ1n) is 6.78. The molecule has 2 rings (SSSR count). The van der Waals surface area contributed by atoms with E-state index < -0.39 is 12.0 Å². The van der Waals surface area contributed by atoms with E-state index >= 15 is 0 Å². The van der Waals surface area contributed by atoms with Crippen LogP contribution in [-0.4, -0.2) is 58.4 Å². The fourth-order valence-electron chi connectivity index (χ4n) is 2.95. The molecule has 106 valence electrons. The lowest BCUT2D eigenvalue weighted by atomic mass is 10.2. The van der Waals surface area contributed by atoms with Crippen molar-refractivity contribution in [1.29, 1.82) is 0 Å². The van der Waals surface area contributed by atoms with E-state index in [1.807, 2.05) is 0 Å². The van der Waals surface area contributed by atoms with Crippen molar-refractivity contribution in [3.63, 3.8) is 0 Å². The van der Waals surface area contributed by atoms with Crippen LogP contribution in [0.1, 0.15) is 38.5 Å². The molecule has 1 aliphatic carbocycles. The monoisotopic (exact) mass is 268 g/mol. The largest absolute Gasteiger partial charge is 0.481 e. The SMILES string of the molecule is CN(CCC(=O)O)C1CC(=O)N(C2CCCC2)C1=O. The Balaban J connectivity index is 1.98. The molecule has 2 fully saturated rings. The van der Waals surface area contributed by atoms with Crippen LogP contribution in [-0.2, 0) is 14.4 Å². The highest BCUT2D eigenvalue weighted by atomic mass is 16.4. The van der Waals surface area contributed by atoms with Crippen molar-refractivity contribution in [2.45, 2.75) is 50.6 Å². The molecule has 0 bridgehead atoms. The molecule has 2 amide bonds. The van der Waals surface area contributed by atoms with Gasteiger partial charge in [-0.25, -0.2) is 0 Å². The molecule has 6 heteroatoms. The Kier molecular flexibility index (Phi) is 4.19. The third-order valence-corrected chi connectivity index (χ3v) is 4.06. The molecule has 2 aliphatic rings. The van der Waals surface area contributed by atoms with Crippen LogP contribution in [0.3, 0.4) is 0 Å². The number of likely N-dealkylation sites (tertiary alicyclic amines) is 1. The standard InChI is InChI=1S/C13H20N2O4/c1-14(7-6-12(17)18)10-8-11(16)15(13(10)19)9-4-2-3-5-9/h9-10H,2-8H2,1H3,(H,17,18). The maximum atomic E-state index is 12.3. The number of carboxylic acid groups (broad SMARTS) is 1. The van der Waals surface area contributed by atoms with E-state index in [0.717, 1.165) is 25.7 Å². The van der Waals surface area contributed by atoms with Gasteiger partial charge in [0, 0.05) is 12.6 Å². The van der Waals surface area contributed by atoms with Gasteiger partial charge in [0.2, 0.25) is 11.8 Å². The summed E-state index contributed by atoms with van der Waals surface area (Å²) in [5, 5.41) is 8.66. The Morgan fingerprint density at radius 1 is 1.37 bits per heavy atom. The molecule has 0 radical (unpaired) electrons. The minimum Gasteiger partial charge on any atom is -0.481 e. The summed E-state index contributed by atoms with van der Waals surface area (Å²) in [7, 11) is 1.71. The molecule has 0 aromatic heterocycles. The minimum absolute atomic E-state index is 0.0160. The van der Waals surface area contributed by atoms with Gasteiger partial charge >= 0.3 is 5.97 Å². The third kappa shape index (κ3) is 2.94. The van der Waals surface area contributed by atoms with Gasteiger partial charge in [-0.05, 0) is 19.9 Å². The molecule has 1 saturated heterocycles. The zero-order chi connectivity index (χ0) is 14.0. The van der Waals surface area contributed by atoms with Crippen LogP contribution in [0.15, 0.2) is 0 Å². The number of rotatable bonds is 5. The van der Waals surface area contributed by atoms with Crippen molar-refractivity contribution in [1.82, 2.24) is 9.80 Å². The van der Waals surface area contributed by atoms with Crippen LogP contribution in [0, 0.1) is 0 Å². The van der Waals surface area contributed by atoms with Gasteiger partial charge in [0.05, 0.1) is 18.9 Å². The lowest BCUT2D eigenvalue weighted by molar-refractivity contribution is -0.143. The molecule has 1 heterocycles. The van der Waals surface area contributed by atoms with Crippen molar-refractivity contribution < 1.29 is 19.5 Å². The first kappa shape index (κ1) is 14.0. The highest BCUT2D eigenvalue weighted by Gasteiger charge is 2.44.